The summed E-state index contributed by atoms with van der Waals surface area (Å²) in [5, 5.41) is 0. The minimum atomic E-state index is 0.350. The van der Waals surface area contributed by atoms with Crippen LogP contribution in [0.3, 0.4) is 0 Å². The molecule has 0 aromatic heterocycles. The van der Waals surface area contributed by atoms with Gasteiger partial charge in [-0.2, -0.15) is 0 Å². The molecular weight excluding hydrogens is 264 g/mol. The Labute approximate surface area is 138 Å². The van der Waals surface area contributed by atoms with E-state index in [9.17, 15) is 0 Å². The van der Waals surface area contributed by atoms with Gasteiger partial charge < -0.3 is 0 Å². The largest absolute Gasteiger partial charge is 0.0683 e. The third-order valence-corrected chi connectivity index (χ3v) is 3.80. The molecule has 0 N–H and O–H groups in total. The summed E-state index contributed by atoms with van der Waals surface area (Å²) < 4.78 is 0. The molecule has 0 saturated heterocycles. The first kappa shape index (κ1) is 20.4. The molecule has 0 amide bonds. The highest BCUT2D eigenvalue weighted by molar-refractivity contribution is 5.20. The van der Waals surface area contributed by atoms with Crippen LogP contribution in [0.5, 0.6) is 0 Å². The lowest BCUT2D eigenvalue weighted by atomic mass is 9.76. The van der Waals surface area contributed by atoms with Crippen molar-refractivity contribution in [2.45, 2.75) is 60.8 Å². The van der Waals surface area contributed by atoms with Crippen molar-refractivity contribution in [2.24, 2.45) is 5.41 Å². The maximum Gasteiger partial charge on any atom is -0.0222 e. The van der Waals surface area contributed by atoms with Gasteiger partial charge in [0.15, 0.2) is 0 Å². The van der Waals surface area contributed by atoms with Crippen LogP contribution in [0.4, 0.5) is 0 Å². The van der Waals surface area contributed by atoms with Crippen LogP contribution in [-0.2, 0) is 12.8 Å². The van der Waals surface area contributed by atoms with E-state index in [4.69, 9.17) is 0 Å². The van der Waals surface area contributed by atoms with E-state index in [1.807, 2.05) is 27.7 Å². The lowest BCUT2D eigenvalue weighted by molar-refractivity contribution is 0.306. The van der Waals surface area contributed by atoms with E-state index < -0.39 is 0 Å². The Morgan fingerprint density at radius 2 is 0.955 bits per heavy atom. The topological polar surface area (TPSA) is 0 Å². The zero-order chi connectivity index (χ0) is 16.8. The molecule has 2 aromatic rings. The predicted molar refractivity (Wildman–Crippen MR) is 101 cm³/mol. The van der Waals surface area contributed by atoms with E-state index >= 15 is 0 Å². The van der Waals surface area contributed by atoms with E-state index in [2.05, 4.69) is 74.5 Å². The Bertz CT molecular complexity index is 414. The standard InChI is InChI=1S/C18H22.2C2H6/c1-3-18(2,14-16-10-6-4-7-11-16)15-17-12-8-5-9-13-17;2*1-2/h4-13H,3,14-15H2,1-2H3;2*1-2H3. The molecule has 0 heterocycles. The average molecular weight is 299 g/mol. The van der Waals surface area contributed by atoms with Gasteiger partial charge in [0.2, 0.25) is 0 Å². The third kappa shape index (κ3) is 7.45. The van der Waals surface area contributed by atoms with Crippen LogP contribution >= 0.6 is 0 Å². The maximum absolute atomic E-state index is 2.40. The highest BCUT2D eigenvalue weighted by atomic mass is 14.3. The van der Waals surface area contributed by atoms with Gasteiger partial charge in [-0.1, -0.05) is 109 Å². The fourth-order valence-corrected chi connectivity index (χ4v) is 2.49. The molecule has 0 spiro atoms. The molecule has 0 aliphatic heterocycles. The highest BCUT2D eigenvalue weighted by Crippen LogP contribution is 2.30. The highest BCUT2D eigenvalue weighted by Gasteiger charge is 2.22. The van der Waals surface area contributed by atoms with Crippen molar-refractivity contribution in [2.75, 3.05) is 0 Å². The van der Waals surface area contributed by atoms with E-state index in [1.54, 1.807) is 0 Å². The van der Waals surface area contributed by atoms with Crippen molar-refractivity contribution >= 4 is 0 Å². The molecule has 0 heteroatoms. The van der Waals surface area contributed by atoms with E-state index in [-0.39, 0.29) is 0 Å². The summed E-state index contributed by atoms with van der Waals surface area (Å²) in [4.78, 5) is 0. The van der Waals surface area contributed by atoms with Crippen LogP contribution in [0.1, 0.15) is 59.1 Å². The molecule has 0 nitrogen and oxygen atoms in total. The van der Waals surface area contributed by atoms with Gasteiger partial charge in [0.25, 0.3) is 0 Å². The summed E-state index contributed by atoms with van der Waals surface area (Å²) in [5.74, 6) is 0. The smallest absolute Gasteiger partial charge is 0.0222 e. The van der Waals surface area contributed by atoms with E-state index in [0.717, 1.165) is 12.8 Å². The van der Waals surface area contributed by atoms with E-state index in [0.29, 0.717) is 5.41 Å². The minimum absolute atomic E-state index is 0.350. The fourth-order valence-electron chi connectivity index (χ4n) is 2.49. The predicted octanol–water partition coefficient (Wildman–Crippen LogP) is 6.94. The second kappa shape index (κ2) is 12.0. The Morgan fingerprint density at radius 3 is 1.23 bits per heavy atom. The van der Waals surface area contributed by atoms with Gasteiger partial charge in [0.1, 0.15) is 0 Å². The third-order valence-electron chi connectivity index (χ3n) is 3.80. The zero-order valence-corrected chi connectivity index (χ0v) is 15.4. The first-order valence-electron chi connectivity index (χ1n) is 8.80. The molecule has 0 aliphatic rings. The lowest BCUT2D eigenvalue weighted by Gasteiger charge is -2.28. The van der Waals surface area contributed by atoms with Crippen molar-refractivity contribution in [3.8, 4) is 0 Å². The van der Waals surface area contributed by atoms with Crippen LogP contribution in [0, 0.1) is 5.41 Å². The SMILES string of the molecule is CC.CC.CCC(C)(Cc1ccccc1)Cc1ccccc1. The van der Waals surface area contributed by atoms with Gasteiger partial charge in [-0.3, -0.25) is 0 Å². The summed E-state index contributed by atoms with van der Waals surface area (Å²) in [6.45, 7) is 12.7. The minimum Gasteiger partial charge on any atom is -0.0683 e. The lowest BCUT2D eigenvalue weighted by Crippen LogP contribution is -2.21. The van der Waals surface area contributed by atoms with Crippen LogP contribution in [0.2, 0.25) is 0 Å². The molecular formula is C22H34. The van der Waals surface area contributed by atoms with Crippen LogP contribution in [0.15, 0.2) is 60.7 Å². The summed E-state index contributed by atoms with van der Waals surface area (Å²) in [6, 6.07) is 21.6. The van der Waals surface area contributed by atoms with Gasteiger partial charge in [-0.25, -0.2) is 0 Å². The van der Waals surface area contributed by atoms with Crippen molar-refractivity contribution in [1.82, 2.24) is 0 Å². The Balaban J connectivity index is 0.00000102. The molecule has 122 valence electrons. The summed E-state index contributed by atoms with van der Waals surface area (Å²) in [6.07, 6.45) is 3.51. The van der Waals surface area contributed by atoms with Crippen molar-refractivity contribution in [1.29, 1.82) is 0 Å². The number of hydrogen-bond acceptors (Lipinski definition) is 0. The second-order valence-corrected chi connectivity index (χ2v) is 5.49. The van der Waals surface area contributed by atoms with Crippen molar-refractivity contribution in [3.63, 3.8) is 0 Å². The van der Waals surface area contributed by atoms with E-state index in [1.165, 1.54) is 17.5 Å². The molecule has 2 aromatic carbocycles. The van der Waals surface area contributed by atoms with Crippen LogP contribution < -0.4 is 0 Å². The Morgan fingerprint density at radius 1 is 0.636 bits per heavy atom. The summed E-state index contributed by atoms with van der Waals surface area (Å²) in [7, 11) is 0. The van der Waals surface area contributed by atoms with Gasteiger partial charge >= 0.3 is 0 Å². The zero-order valence-electron chi connectivity index (χ0n) is 15.4. The monoisotopic (exact) mass is 298 g/mol. The fraction of sp³-hybridized carbons (Fsp3) is 0.455. The summed E-state index contributed by atoms with van der Waals surface area (Å²) >= 11 is 0. The van der Waals surface area contributed by atoms with Gasteiger partial charge in [0.05, 0.1) is 0 Å². The molecule has 0 saturated carbocycles. The van der Waals surface area contributed by atoms with Crippen molar-refractivity contribution < 1.29 is 0 Å². The summed E-state index contributed by atoms with van der Waals surface area (Å²) in [5.41, 5.74) is 3.23. The second-order valence-electron chi connectivity index (χ2n) is 5.49. The molecule has 0 bridgehead atoms. The van der Waals surface area contributed by atoms with Crippen LogP contribution in [-0.4, -0.2) is 0 Å². The molecule has 0 atom stereocenters. The Hall–Kier alpha value is -1.56. The van der Waals surface area contributed by atoms with Gasteiger partial charge in [0, 0.05) is 0 Å². The molecule has 0 fully saturated rings. The number of benzene rings is 2. The molecule has 2 rings (SSSR count). The molecule has 0 aliphatic carbocycles. The van der Waals surface area contributed by atoms with Gasteiger partial charge in [-0.05, 0) is 29.4 Å². The molecule has 22 heavy (non-hydrogen) atoms. The first-order valence-corrected chi connectivity index (χ1v) is 8.80. The Kier molecular flexibility index (Phi) is 11.2. The first-order chi connectivity index (χ1) is 10.7. The molecule has 0 unspecified atom stereocenters. The van der Waals surface area contributed by atoms with Gasteiger partial charge in [-0.15, -0.1) is 0 Å². The molecule has 0 radical (unpaired) electrons. The quantitative estimate of drug-likeness (QED) is 0.560. The number of hydrogen-bond donors (Lipinski definition) is 0. The normalized spacial score (nSPS) is 9.91. The maximum atomic E-state index is 2.40. The number of rotatable bonds is 5. The van der Waals surface area contributed by atoms with Crippen molar-refractivity contribution in [3.05, 3.63) is 71.8 Å². The van der Waals surface area contributed by atoms with Crippen LogP contribution in [0.25, 0.3) is 0 Å². The average Bonchev–Trinajstić information content (AvgIpc) is 2.60.